The van der Waals surface area contributed by atoms with E-state index in [1.807, 2.05) is 0 Å². The first-order chi connectivity index (χ1) is 9.65. The van der Waals surface area contributed by atoms with E-state index in [9.17, 15) is 17.7 Å². The molecule has 0 fully saturated rings. The summed E-state index contributed by atoms with van der Waals surface area (Å²) in [7, 11) is -2.44. The highest BCUT2D eigenvalue weighted by Gasteiger charge is 2.32. The van der Waals surface area contributed by atoms with Crippen LogP contribution in [0, 0.1) is 0 Å². The Kier molecular flexibility index (Phi) is 4.14. The molecule has 21 heavy (non-hydrogen) atoms. The van der Waals surface area contributed by atoms with E-state index >= 15 is 0 Å². The van der Waals surface area contributed by atoms with E-state index in [4.69, 9.17) is 0 Å². The molecule has 2 rings (SSSR count). The third kappa shape index (κ3) is 4.36. The molecule has 0 atom stereocenters. The summed E-state index contributed by atoms with van der Waals surface area (Å²) >= 11 is 0. The summed E-state index contributed by atoms with van der Waals surface area (Å²) in [6.45, 7) is 3.32. The molecule has 8 heteroatoms. The molecular formula is C13H14F3N2O2P. The van der Waals surface area contributed by atoms with Gasteiger partial charge in [-0.05, 0) is 19.4 Å². The van der Waals surface area contributed by atoms with E-state index in [1.54, 1.807) is 25.6 Å². The smallest absolute Gasteiger partial charge is 0.405 e. The molecule has 0 bridgehead atoms. The van der Waals surface area contributed by atoms with Crippen molar-refractivity contribution in [2.45, 2.75) is 12.9 Å². The van der Waals surface area contributed by atoms with Crippen molar-refractivity contribution in [2.24, 2.45) is 0 Å². The van der Waals surface area contributed by atoms with Crippen molar-refractivity contribution in [3.63, 3.8) is 0 Å². The van der Waals surface area contributed by atoms with Crippen LogP contribution in [0.4, 0.5) is 13.2 Å². The molecule has 4 nitrogen and oxygen atoms in total. The summed E-state index contributed by atoms with van der Waals surface area (Å²) in [5, 5.41) is 4.60. The number of benzene rings is 1. The number of alkyl halides is 3. The second-order valence-electron chi connectivity index (χ2n) is 4.90. The molecular weight excluding hydrogens is 304 g/mol. The molecule has 0 saturated heterocycles. The van der Waals surface area contributed by atoms with Crippen molar-refractivity contribution < 1.29 is 22.5 Å². The lowest BCUT2D eigenvalue weighted by molar-refractivity contribution is -0.274. The van der Waals surface area contributed by atoms with Gasteiger partial charge in [-0.2, -0.15) is 5.10 Å². The number of hydrogen-bond donors (Lipinski definition) is 0. The van der Waals surface area contributed by atoms with Crippen LogP contribution in [-0.2, 0) is 11.1 Å². The highest BCUT2D eigenvalue weighted by atomic mass is 31.2. The van der Waals surface area contributed by atoms with Gasteiger partial charge >= 0.3 is 6.36 Å². The number of nitrogens with zero attached hydrogens (tertiary/aromatic N) is 2. The van der Waals surface area contributed by atoms with Crippen molar-refractivity contribution in [1.82, 2.24) is 9.78 Å². The van der Waals surface area contributed by atoms with E-state index in [-0.39, 0.29) is 12.3 Å². The van der Waals surface area contributed by atoms with Crippen molar-refractivity contribution in [2.75, 3.05) is 13.3 Å². The molecule has 114 valence electrons. The van der Waals surface area contributed by atoms with E-state index in [0.717, 1.165) is 0 Å². The molecule has 0 saturated carbocycles. The van der Waals surface area contributed by atoms with Gasteiger partial charge < -0.3 is 9.30 Å². The van der Waals surface area contributed by atoms with Gasteiger partial charge in [-0.1, -0.05) is 18.2 Å². The average molecular weight is 318 g/mol. The molecule has 0 spiro atoms. The highest BCUT2D eigenvalue weighted by Crippen LogP contribution is 2.34. The monoisotopic (exact) mass is 318 g/mol. The maximum absolute atomic E-state index is 12.3. The molecule has 0 amide bonds. The first-order valence-corrected chi connectivity index (χ1v) is 8.67. The normalized spacial score (nSPS) is 12.4. The first kappa shape index (κ1) is 15.6. The Morgan fingerprint density at radius 2 is 1.95 bits per heavy atom. The summed E-state index contributed by atoms with van der Waals surface area (Å²) in [4.78, 5) is 0. The molecule has 1 aromatic carbocycles. The zero-order valence-electron chi connectivity index (χ0n) is 11.5. The van der Waals surface area contributed by atoms with E-state index in [2.05, 4.69) is 9.84 Å². The number of hydrogen-bond acceptors (Lipinski definition) is 3. The number of aromatic nitrogens is 2. The van der Waals surface area contributed by atoms with Gasteiger partial charge in [0.15, 0.2) is 0 Å². The summed E-state index contributed by atoms with van der Waals surface area (Å²) in [6, 6.07) is 5.86. The molecule has 0 N–H and O–H groups in total. The minimum atomic E-state index is -4.74. The largest absolute Gasteiger partial charge is 0.573 e. The van der Waals surface area contributed by atoms with Crippen molar-refractivity contribution in [3.8, 4) is 5.75 Å². The Balaban J connectivity index is 2.24. The Morgan fingerprint density at radius 1 is 1.29 bits per heavy atom. The summed E-state index contributed by atoms with van der Waals surface area (Å²) in [5.41, 5.74) is 0.339. The molecule has 0 aliphatic heterocycles. The van der Waals surface area contributed by atoms with Gasteiger partial charge in [-0.15, -0.1) is 13.2 Å². The van der Waals surface area contributed by atoms with E-state index in [0.29, 0.717) is 10.9 Å². The van der Waals surface area contributed by atoms with Crippen LogP contribution in [0.2, 0.25) is 0 Å². The van der Waals surface area contributed by atoms with Gasteiger partial charge in [0, 0.05) is 17.1 Å². The fourth-order valence-electron chi connectivity index (χ4n) is 1.75. The fraction of sp³-hybridized carbons (Fsp3) is 0.308. The van der Waals surface area contributed by atoms with Crippen molar-refractivity contribution in [3.05, 3.63) is 42.2 Å². The Morgan fingerprint density at radius 3 is 2.52 bits per heavy atom. The van der Waals surface area contributed by atoms with Gasteiger partial charge in [0.05, 0.1) is 12.7 Å². The SMILES string of the molecule is CP(C)(=O)c1cnn(Cc2ccccc2OC(F)(F)F)c1. The third-order valence-electron chi connectivity index (χ3n) is 2.77. The fourth-order valence-corrected chi connectivity index (χ4v) is 2.49. The lowest BCUT2D eigenvalue weighted by Gasteiger charge is -2.13. The number of para-hydroxylation sites is 1. The summed E-state index contributed by atoms with van der Waals surface area (Å²) in [6.07, 6.45) is -1.70. The summed E-state index contributed by atoms with van der Waals surface area (Å²) < 4.78 is 54.3. The standard InChI is InChI=1S/C13H14F3N2O2P/c1-21(2,19)11-7-17-18(9-11)8-10-5-3-4-6-12(10)20-13(14,15)16/h3-7,9H,8H2,1-2H3. The van der Waals surface area contributed by atoms with Crippen LogP contribution in [0.1, 0.15) is 5.56 Å². The Labute approximate surface area is 119 Å². The van der Waals surface area contributed by atoms with Gasteiger partial charge in [0.2, 0.25) is 0 Å². The van der Waals surface area contributed by atoms with Gasteiger partial charge in [0.25, 0.3) is 0 Å². The van der Waals surface area contributed by atoms with Crippen LogP contribution in [0.25, 0.3) is 0 Å². The number of rotatable bonds is 4. The average Bonchev–Trinajstić information content (AvgIpc) is 2.78. The predicted octanol–water partition coefficient (Wildman–Crippen LogP) is 3.08. The number of halogens is 3. The number of ether oxygens (including phenoxy) is 1. The molecule has 0 aliphatic carbocycles. The maximum Gasteiger partial charge on any atom is 0.573 e. The van der Waals surface area contributed by atoms with Gasteiger partial charge in [0.1, 0.15) is 12.9 Å². The second kappa shape index (κ2) is 5.56. The Hall–Kier alpha value is -1.75. The molecule has 2 aromatic rings. The lowest BCUT2D eigenvalue weighted by atomic mass is 10.2. The topological polar surface area (TPSA) is 44.1 Å². The van der Waals surface area contributed by atoms with E-state index < -0.39 is 13.5 Å². The molecule has 1 heterocycles. The molecule has 0 radical (unpaired) electrons. The highest BCUT2D eigenvalue weighted by molar-refractivity contribution is 7.70. The third-order valence-corrected chi connectivity index (χ3v) is 4.25. The van der Waals surface area contributed by atoms with Crippen LogP contribution in [0.15, 0.2) is 36.7 Å². The Bertz CT molecular complexity index is 676. The van der Waals surface area contributed by atoms with Crippen molar-refractivity contribution in [1.29, 1.82) is 0 Å². The zero-order valence-corrected chi connectivity index (χ0v) is 12.4. The van der Waals surface area contributed by atoms with Crippen LogP contribution < -0.4 is 10.0 Å². The second-order valence-corrected chi connectivity index (χ2v) is 8.12. The van der Waals surface area contributed by atoms with Crippen LogP contribution >= 0.6 is 7.14 Å². The minimum Gasteiger partial charge on any atom is -0.405 e. The van der Waals surface area contributed by atoms with Crippen LogP contribution in [-0.4, -0.2) is 29.5 Å². The van der Waals surface area contributed by atoms with Gasteiger partial charge in [-0.25, -0.2) is 0 Å². The minimum absolute atomic E-state index is 0.103. The summed E-state index contributed by atoms with van der Waals surface area (Å²) in [5.74, 6) is -0.266. The lowest BCUT2D eigenvalue weighted by Crippen LogP contribution is -2.18. The van der Waals surface area contributed by atoms with Gasteiger partial charge in [-0.3, -0.25) is 4.68 Å². The quantitative estimate of drug-likeness (QED) is 0.814. The zero-order chi connectivity index (χ0) is 15.7. The maximum atomic E-state index is 12.3. The molecule has 1 aromatic heterocycles. The van der Waals surface area contributed by atoms with Crippen LogP contribution in [0.3, 0.4) is 0 Å². The van der Waals surface area contributed by atoms with Crippen molar-refractivity contribution >= 4 is 12.4 Å². The molecule has 0 aliphatic rings. The molecule has 0 unspecified atom stereocenters. The first-order valence-electron chi connectivity index (χ1n) is 6.07. The predicted molar refractivity (Wildman–Crippen MR) is 73.5 cm³/mol. The van der Waals surface area contributed by atoms with Crippen LogP contribution in [0.5, 0.6) is 5.75 Å². The van der Waals surface area contributed by atoms with E-state index in [1.165, 1.54) is 29.1 Å².